The van der Waals surface area contributed by atoms with Crippen molar-refractivity contribution < 1.29 is 8.78 Å². The number of hydrogen-bond donors (Lipinski definition) is 0. The van der Waals surface area contributed by atoms with Crippen LogP contribution in [0.15, 0.2) is 12.1 Å². The van der Waals surface area contributed by atoms with Gasteiger partial charge in [0, 0.05) is 0 Å². The zero-order valence-corrected chi connectivity index (χ0v) is 10.2. The predicted octanol–water partition coefficient (Wildman–Crippen LogP) is 4.81. The van der Waals surface area contributed by atoms with Crippen LogP contribution < -0.4 is 0 Å². The summed E-state index contributed by atoms with van der Waals surface area (Å²) in [6.45, 7) is 9.72. The van der Waals surface area contributed by atoms with Crippen molar-refractivity contribution in [2.24, 2.45) is 0 Å². The molecule has 0 aliphatic rings. The second kappa shape index (κ2) is 6.54. The third-order valence-electron chi connectivity index (χ3n) is 1.90. The predicted molar refractivity (Wildman–Crippen MR) is 61.1 cm³/mol. The van der Waals surface area contributed by atoms with Crippen molar-refractivity contribution in [1.29, 1.82) is 0 Å². The van der Waals surface area contributed by atoms with E-state index in [0.717, 1.165) is 5.56 Å². The molecular weight excluding hydrogens is 194 g/mol. The highest BCUT2D eigenvalue weighted by molar-refractivity contribution is 5.27. The molecule has 0 amide bonds. The monoisotopic (exact) mass is 214 g/mol. The van der Waals surface area contributed by atoms with Gasteiger partial charge in [-0.3, -0.25) is 0 Å². The van der Waals surface area contributed by atoms with Gasteiger partial charge in [0.05, 0.1) is 0 Å². The summed E-state index contributed by atoms with van der Waals surface area (Å²) in [4.78, 5) is 0. The summed E-state index contributed by atoms with van der Waals surface area (Å²) in [7, 11) is 0. The first-order chi connectivity index (χ1) is 6.93. The standard InChI is InChI=1S/C10H12F2.C3H8/c1-6(2)8-4-7(3)10(12)9(11)5-8;1-3-2/h4-6H,1-3H3;3H2,1-2H3. The molecule has 0 atom stereocenters. The summed E-state index contributed by atoms with van der Waals surface area (Å²) < 4.78 is 25.6. The van der Waals surface area contributed by atoms with E-state index in [1.807, 2.05) is 13.8 Å². The van der Waals surface area contributed by atoms with Crippen LogP contribution in [0.1, 0.15) is 51.2 Å². The molecule has 15 heavy (non-hydrogen) atoms. The second-order valence-electron chi connectivity index (χ2n) is 4.00. The fourth-order valence-electron chi connectivity index (χ4n) is 1.09. The Labute approximate surface area is 91.3 Å². The molecule has 0 saturated heterocycles. The van der Waals surface area contributed by atoms with Crippen molar-refractivity contribution in [1.82, 2.24) is 0 Å². The molecule has 1 aromatic carbocycles. The summed E-state index contributed by atoms with van der Waals surface area (Å²) >= 11 is 0. The highest BCUT2D eigenvalue weighted by Crippen LogP contribution is 2.20. The molecule has 0 bridgehead atoms. The minimum atomic E-state index is -0.751. The molecule has 0 spiro atoms. The molecule has 0 fully saturated rings. The number of aryl methyl sites for hydroxylation is 1. The maximum Gasteiger partial charge on any atom is 0.161 e. The Hall–Kier alpha value is -0.920. The largest absolute Gasteiger partial charge is 0.204 e. The third-order valence-corrected chi connectivity index (χ3v) is 1.90. The third kappa shape index (κ3) is 4.41. The van der Waals surface area contributed by atoms with E-state index >= 15 is 0 Å². The molecule has 0 radical (unpaired) electrons. The molecule has 1 rings (SSSR count). The molecular formula is C13H20F2. The fraction of sp³-hybridized carbons (Fsp3) is 0.538. The maximum atomic E-state index is 12.8. The minimum absolute atomic E-state index is 0.235. The minimum Gasteiger partial charge on any atom is -0.204 e. The van der Waals surface area contributed by atoms with Crippen LogP contribution in [0.25, 0.3) is 0 Å². The van der Waals surface area contributed by atoms with E-state index in [-0.39, 0.29) is 5.92 Å². The van der Waals surface area contributed by atoms with Crippen molar-refractivity contribution in [3.63, 3.8) is 0 Å². The highest BCUT2D eigenvalue weighted by Gasteiger charge is 2.08. The van der Waals surface area contributed by atoms with Crippen LogP contribution in [0.4, 0.5) is 8.78 Å². The Morgan fingerprint density at radius 3 is 1.93 bits per heavy atom. The first-order valence-corrected chi connectivity index (χ1v) is 5.39. The van der Waals surface area contributed by atoms with Gasteiger partial charge in [0.25, 0.3) is 0 Å². The molecule has 0 nitrogen and oxygen atoms in total. The molecule has 0 aliphatic carbocycles. The van der Waals surface area contributed by atoms with Gasteiger partial charge in [-0.05, 0) is 30.0 Å². The molecule has 2 heteroatoms. The first-order valence-electron chi connectivity index (χ1n) is 5.39. The number of rotatable bonds is 1. The second-order valence-corrected chi connectivity index (χ2v) is 4.00. The lowest BCUT2D eigenvalue weighted by atomic mass is 10.0. The van der Waals surface area contributed by atoms with Crippen LogP contribution in [-0.2, 0) is 0 Å². The molecule has 86 valence electrons. The average molecular weight is 214 g/mol. The van der Waals surface area contributed by atoms with Gasteiger partial charge in [-0.15, -0.1) is 0 Å². The summed E-state index contributed by atoms with van der Waals surface area (Å²) in [6.07, 6.45) is 1.25. The van der Waals surface area contributed by atoms with Gasteiger partial charge in [-0.25, -0.2) is 8.78 Å². The van der Waals surface area contributed by atoms with Crippen LogP contribution in [0.3, 0.4) is 0 Å². The first kappa shape index (κ1) is 14.1. The maximum absolute atomic E-state index is 12.8. The lowest BCUT2D eigenvalue weighted by Gasteiger charge is -2.07. The lowest BCUT2D eigenvalue weighted by Crippen LogP contribution is -1.95. The molecule has 0 heterocycles. The van der Waals surface area contributed by atoms with Crippen LogP contribution in [-0.4, -0.2) is 0 Å². The van der Waals surface area contributed by atoms with Gasteiger partial charge >= 0.3 is 0 Å². The Morgan fingerprint density at radius 1 is 1.13 bits per heavy atom. The molecule has 1 aromatic rings. The Morgan fingerprint density at radius 2 is 1.60 bits per heavy atom. The van der Waals surface area contributed by atoms with Gasteiger partial charge in [-0.2, -0.15) is 0 Å². The van der Waals surface area contributed by atoms with E-state index in [2.05, 4.69) is 13.8 Å². The van der Waals surface area contributed by atoms with Gasteiger partial charge in [0.2, 0.25) is 0 Å². The van der Waals surface area contributed by atoms with Crippen LogP contribution in [0.5, 0.6) is 0 Å². The summed E-state index contributed by atoms with van der Waals surface area (Å²) in [6, 6.07) is 2.94. The van der Waals surface area contributed by atoms with E-state index in [9.17, 15) is 8.78 Å². The molecule has 0 aromatic heterocycles. The quantitative estimate of drug-likeness (QED) is 0.629. The van der Waals surface area contributed by atoms with Crippen molar-refractivity contribution in [3.8, 4) is 0 Å². The fourth-order valence-corrected chi connectivity index (χ4v) is 1.09. The van der Waals surface area contributed by atoms with E-state index in [4.69, 9.17) is 0 Å². The van der Waals surface area contributed by atoms with Crippen LogP contribution in [0, 0.1) is 18.6 Å². The SMILES string of the molecule is CCC.Cc1cc(C(C)C)cc(F)c1F. The van der Waals surface area contributed by atoms with E-state index in [1.54, 1.807) is 13.0 Å². The number of benzene rings is 1. The van der Waals surface area contributed by atoms with Gasteiger partial charge in [-0.1, -0.05) is 40.2 Å². The highest BCUT2D eigenvalue weighted by atomic mass is 19.2. The van der Waals surface area contributed by atoms with Crippen LogP contribution >= 0.6 is 0 Å². The summed E-state index contributed by atoms with van der Waals surface area (Å²) in [5.74, 6) is -1.25. The number of hydrogen-bond acceptors (Lipinski definition) is 0. The smallest absolute Gasteiger partial charge is 0.161 e. The molecule has 0 aliphatic heterocycles. The topological polar surface area (TPSA) is 0 Å². The van der Waals surface area contributed by atoms with E-state index in [1.165, 1.54) is 12.5 Å². The van der Waals surface area contributed by atoms with Gasteiger partial charge < -0.3 is 0 Å². The lowest BCUT2D eigenvalue weighted by molar-refractivity contribution is 0.500. The normalized spacial score (nSPS) is 9.87. The van der Waals surface area contributed by atoms with Gasteiger partial charge in [0.1, 0.15) is 0 Å². The van der Waals surface area contributed by atoms with Gasteiger partial charge in [0.15, 0.2) is 11.6 Å². The Balaban J connectivity index is 0.000000583. The summed E-state index contributed by atoms with van der Waals surface area (Å²) in [5.41, 5.74) is 1.21. The molecule has 0 saturated carbocycles. The van der Waals surface area contributed by atoms with E-state index in [0.29, 0.717) is 5.56 Å². The van der Waals surface area contributed by atoms with E-state index < -0.39 is 11.6 Å². The molecule has 0 unspecified atom stereocenters. The van der Waals surface area contributed by atoms with Crippen LogP contribution in [0.2, 0.25) is 0 Å². The summed E-state index contributed by atoms with van der Waals surface area (Å²) in [5, 5.41) is 0. The Bertz CT molecular complexity index is 280. The zero-order chi connectivity index (χ0) is 12.0. The Kier molecular flexibility index (Phi) is 6.14. The van der Waals surface area contributed by atoms with Crippen molar-refractivity contribution in [2.75, 3.05) is 0 Å². The van der Waals surface area contributed by atoms with Crippen molar-refractivity contribution >= 4 is 0 Å². The van der Waals surface area contributed by atoms with Crippen molar-refractivity contribution in [3.05, 3.63) is 34.9 Å². The van der Waals surface area contributed by atoms with Crippen molar-refractivity contribution in [2.45, 2.75) is 47.0 Å². The number of halogens is 2. The average Bonchev–Trinajstić information content (AvgIpc) is 2.14. The molecule has 0 N–H and O–H groups in total. The zero-order valence-electron chi connectivity index (χ0n) is 10.2.